The van der Waals surface area contributed by atoms with Gasteiger partial charge in [-0.05, 0) is 31.4 Å². The van der Waals surface area contributed by atoms with Gasteiger partial charge in [0.1, 0.15) is 0 Å². The number of pyridine rings is 1. The highest BCUT2D eigenvalue weighted by molar-refractivity contribution is 6.07. The smallest absolute Gasteiger partial charge is 0.261 e. The number of piperidine rings is 3. The summed E-state index contributed by atoms with van der Waals surface area (Å²) in [5.41, 5.74) is 2.40. The standard InChI is InChI=1S/C19H21N3O/c1-20-15-5-3-2-4-14(15)17-16(20)6-10-22(18(17)23)19-7-11-21(12-8-19)13-9-19/h2-6,10H,7-9,11-13H2,1H3. The van der Waals surface area contributed by atoms with Crippen LogP contribution in [-0.4, -0.2) is 33.7 Å². The Labute approximate surface area is 134 Å². The van der Waals surface area contributed by atoms with E-state index in [-0.39, 0.29) is 11.1 Å². The molecule has 3 aromatic rings. The van der Waals surface area contributed by atoms with Crippen LogP contribution in [0.5, 0.6) is 0 Å². The van der Waals surface area contributed by atoms with E-state index in [0.717, 1.165) is 60.7 Å². The second-order valence-electron chi connectivity index (χ2n) is 7.14. The highest BCUT2D eigenvalue weighted by Gasteiger charge is 2.41. The molecule has 1 aromatic carbocycles. The Morgan fingerprint density at radius 3 is 2.39 bits per heavy atom. The van der Waals surface area contributed by atoms with Crippen LogP contribution < -0.4 is 5.56 Å². The van der Waals surface area contributed by atoms with Crippen molar-refractivity contribution in [3.8, 4) is 0 Å². The van der Waals surface area contributed by atoms with E-state index in [4.69, 9.17) is 0 Å². The van der Waals surface area contributed by atoms with Gasteiger partial charge in [0, 0.05) is 43.8 Å². The van der Waals surface area contributed by atoms with Crippen LogP contribution in [0.2, 0.25) is 0 Å². The van der Waals surface area contributed by atoms with Crippen molar-refractivity contribution in [3.05, 3.63) is 46.9 Å². The van der Waals surface area contributed by atoms with Crippen molar-refractivity contribution in [1.29, 1.82) is 0 Å². The molecule has 4 heteroatoms. The molecular formula is C19H21N3O. The molecule has 0 N–H and O–H groups in total. The largest absolute Gasteiger partial charge is 0.343 e. The lowest BCUT2D eigenvalue weighted by Crippen LogP contribution is -2.55. The average molecular weight is 307 g/mol. The van der Waals surface area contributed by atoms with Crippen molar-refractivity contribution in [2.45, 2.75) is 24.8 Å². The summed E-state index contributed by atoms with van der Waals surface area (Å²) in [5.74, 6) is 0. The van der Waals surface area contributed by atoms with E-state index >= 15 is 0 Å². The Bertz CT molecular complexity index is 960. The summed E-state index contributed by atoms with van der Waals surface area (Å²) < 4.78 is 4.20. The van der Waals surface area contributed by atoms with Gasteiger partial charge in [-0.1, -0.05) is 18.2 Å². The molecule has 23 heavy (non-hydrogen) atoms. The van der Waals surface area contributed by atoms with Crippen LogP contribution in [-0.2, 0) is 12.6 Å². The number of nitrogens with zero attached hydrogens (tertiary/aromatic N) is 3. The fraction of sp³-hybridized carbons (Fsp3) is 0.421. The molecule has 118 valence electrons. The Hall–Kier alpha value is -2.07. The van der Waals surface area contributed by atoms with Gasteiger partial charge in [-0.15, -0.1) is 0 Å². The van der Waals surface area contributed by atoms with E-state index < -0.39 is 0 Å². The Morgan fingerprint density at radius 2 is 1.65 bits per heavy atom. The molecule has 0 saturated carbocycles. The van der Waals surface area contributed by atoms with E-state index in [9.17, 15) is 4.79 Å². The maximum absolute atomic E-state index is 13.4. The lowest BCUT2D eigenvalue weighted by atomic mass is 9.79. The van der Waals surface area contributed by atoms with Crippen LogP contribution >= 0.6 is 0 Å². The highest BCUT2D eigenvalue weighted by atomic mass is 16.1. The summed E-state index contributed by atoms with van der Waals surface area (Å²) in [6.45, 7) is 3.38. The fourth-order valence-corrected chi connectivity index (χ4v) is 4.71. The van der Waals surface area contributed by atoms with Gasteiger partial charge in [-0.25, -0.2) is 0 Å². The van der Waals surface area contributed by atoms with Crippen LogP contribution in [0.3, 0.4) is 0 Å². The number of benzene rings is 1. The molecular weight excluding hydrogens is 286 g/mol. The van der Waals surface area contributed by atoms with Crippen molar-refractivity contribution < 1.29 is 0 Å². The molecule has 0 spiro atoms. The maximum atomic E-state index is 13.4. The van der Waals surface area contributed by atoms with Crippen LogP contribution in [0.1, 0.15) is 19.3 Å². The number of hydrogen-bond donors (Lipinski definition) is 0. The molecule has 3 fully saturated rings. The molecule has 0 radical (unpaired) electrons. The minimum absolute atomic E-state index is 0.0387. The van der Waals surface area contributed by atoms with E-state index in [1.54, 1.807) is 0 Å². The molecule has 6 rings (SSSR count). The van der Waals surface area contributed by atoms with Crippen molar-refractivity contribution >= 4 is 21.8 Å². The van der Waals surface area contributed by atoms with Gasteiger partial charge in [0.25, 0.3) is 5.56 Å². The first-order chi connectivity index (χ1) is 11.2. The van der Waals surface area contributed by atoms with Crippen molar-refractivity contribution in [2.24, 2.45) is 7.05 Å². The van der Waals surface area contributed by atoms with Gasteiger partial charge in [0.15, 0.2) is 0 Å². The summed E-state index contributed by atoms with van der Waals surface area (Å²) in [7, 11) is 2.05. The first-order valence-corrected chi connectivity index (χ1v) is 8.51. The second-order valence-corrected chi connectivity index (χ2v) is 7.14. The monoisotopic (exact) mass is 307 g/mol. The first-order valence-electron chi connectivity index (χ1n) is 8.51. The van der Waals surface area contributed by atoms with Crippen LogP contribution in [0, 0.1) is 0 Å². The summed E-state index contributed by atoms with van der Waals surface area (Å²) in [4.78, 5) is 15.9. The summed E-state index contributed by atoms with van der Waals surface area (Å²) in [5, 5.41) is 1.96. The Morgan fingerprint density at radius 1 is 0.957 bits per heavy atom. The van der Waals surface area contributed by atoms with Crippen molar-refractivity contribution in [3.63, 3.8) is 0 Å². The third-order valence-electron chi connectivity index (χ3n) is 6.16. The molecule has 2 aromatic heterocycles. The summed E-state index contributed by atoms with van der Waals surface area (Å²) in [6.07, 6.45) is 5.35. The molecule has 3 aliphatic rings. The Kier molecular flexibility index (Phi) is 2.61. The number of hydrogen-bond acceptors (Lipinski definition) is 2. The normalized spacial score (nSPS) is 27.1. The molecule has 4 nitrogen and oxygen atoms in total. The average Bonchev–Trinajstić information content (AvgIpc) is 2.91. The molecule has 0 amide bonds. The van der Waals surface area contributed by atoms with Crippen molar-refractivity contribution in [1.82, 2.24) is 14.0 Å². The minimum Gasteiger partial charge on any atom is -0.343 e. The number of aryl methyl sites for hydroxylation is 1. The zero-order chi connectivity index (χ0) is 15.6. The predicted molar refractivity (Wildman–Crippen MR) is 93.0 cm³/mol. The van der Waals surface area contributed by atoms with Crippen molar-refractivity contribution in [2.75, 3.05) is 19.6 Å². The van der Waals surface area contributed by atoms with E-state index in [2.05, 4.69) is 32.2 Å². The molecule has 0 aliphatic carbocycles. The number of para-hydroxylation sites is 1. The predicted octanol–water partition coefficient (Wildman–Crippen LogP) is 2.69. The topological polar surface area (TPSA) is 30.2 Å². The number of fused-ring (bicyclic) bond motifs is 6. The summed E-state index contributed by atoms with van der Waals surface area (Å²) in [6, 6.07) is 10.4. The van der Waals surface area contributed by atoms with Gasteiger partial charge in [0.2, 0.25) is 0 Å². The van der Waals surface area contributed by atoms with E-state index in [1.165, 1.54) is 0 Å². The van der Waals surface area contributed by atoms with Crippen LogP contribution in [0.15, 0.2) is 41.3 Å². The first kappa shape index (κ1) is 13.4. The lowest BCUT2D eigenvalue weighted by molar-refractivity contribution is 0.0329. The van der Waals surface area contributed by atoms with Gasteiger partial charge < -0.3 is 14.0 Å². The highest BCUT2D eigenvalue weighted by Crippen LogP contribution is 2.38. The molecule has 2 bridgehead atoms. The third kappa shape index (κ3) is 1.67. The molecule has 3 saturated heterocycles. The van der Waals surface area contributed by atoms with Gasteiger partial charge in [-0.2, -0.15) is 0 Å². The molecule has 5 heterocycles. The summed E-state index contributed by atoms with van der Waals surface area (Å²) >= 11 is 0. The zero-order valence-electron chi connectivity index (χ0n) is 13.5. The second kappa shape index (κ2) is 4.48. The van der Waals surface area contributed by atoms with Gasteiger partial charge in [-0.3, -0.25) is 4.79 Å². The SMILES string of the molecule is Cn1c2ccccc2c2c(=O)n(C34CCN(CC3)CC4)ccc21. The molecule has 0 atom stereocenters. The molecule has 3 aliphatic heterocycles. The zero-order valence-corrected chi connectivity index (χ0v) is 13.5. The number of rotatable bonds is 1. The van der Waals surface area contributed by atoms with Crippen LogP contribution in [0.4, 0.5) is 0 Å². The van der Waals surface area contributed by atoms with E-state index in [0.29, 0.717) is 0 Å². The Balaban J connectivity index is 1.83. The maximum Gasteiger partial charge on any atom is 0.261 e. The minimum atomic E-state index is 0.0387. The lowest BCUT2D eigenvalue weighted by Gasteiger charge is -2.49. The number of aromatic nitrogens is 2. The van der Waals surface area contributed by atoms with Gasteiger partial charge >= 0.3 is 0 Å². The molecule has 0 unspecified atom stereocenters. The van der Waals surface area contributed by atoms with Crippen LogP contribution in [0.25, 0.3) is 21.8 Å². The quantitative estimate of drug-likeness (QED) is 0.692. The fourth-order valence-electron chi connectivity index (χ4n) is 4.71. The third-order valence-corrected chi connectivity index (χ3v) is 6.16. The van der Waals surface area contributed by atoms with Gasteiger partial charge in [0.05, 0.1) is 16.4 Å². The van der Waals surface area contributed by atoms with E-state index in [1.807, 2.05) is 25.4 Å².